The number of fused-ring (bicyclic) bond motifs is 1. The number of nitrogens with zero attached hydrogens (tertiary/aromatic N) is 2. The van der Waals surface area contributed by atoms with Gasteiger partial charge in [-0.2, -0.15) is 0 Å². The van der Waals surface area contributed by atoms with E-state index in [4.69, 9.17) is 0 Å². The zero-order chi connectivity index (χ0) is 16.8. The van der Waals surface area contributed by atoms with Gasteiger partial charge in [-0.15, -0.1) is 0 Å². The average molecular weight is 378 g/mol. The number of rotatable bonds is 1. The number of aryl methyl sites for hydroxylation is 1. The van der Waals surface area contributed by atoms with Crippen LogP contribution in [-0.4, -0.2) is 21.4 Å². The van der Waals surface area contributed by atoms with E-state index in [1.165, 1.54) is 4.57 Å². The van der Waals surface area contributed by atoms with Crippen LogP contribution < -0.4 is 10.9 Å². The Balaban J connectivity index is 2.26. The lowest BCUT2D eigenvalue weighted by atomic mass is 9.94. The van der Waals surface area contributed by atoms with Crippen LogP contribution in [0.15, 0.2) is 27.5 Å². The molecule has 120 valence electrons. The summed E-state index contributed by atoms with van der Waals surface area (Å²) in [6.45, 7) is 3.38. The molecule has 0 aliphatic carbocycles. The van der Waals surface area contributed by atoms with Crippen molar-refractivity contribution in [3.63, 3.8) is 0 Å². The molecule has 1 fully saturated rings. The summed E-state index contributed by atoms with van der Waals surface area (Å²) in [6, 6.07) is 5.23. The van der Waals surface area contributed by atoms with Crippen molar-refractivity contribution in [3.8, 4) is 0 Å². The molecule has 6 nitrogen and oxygen atoms in total. The molecule has 1 aliphatic rings. The summed E-state index contributed by atoms with van der Waals surface area (Å²) < 4.78 is 2.25. The number of benzene rings is 1. The van der Waals surface area contributed by atoms with Gasteiger partial charge in [0.15, 0.2) is 0 Å². The van der Waals surface area contributed by atoms with E-state index < -0.39 is 11.4 Å². The molecule has 7 heteroatoms. The standard InChI is InChI=1S/C16H16BrN3O3/c1-9-18-12-8-10(17)5-6-11(12)14(22)20(9)16(2)7-3-4-13(21)19-15(16)23/h5-6,8H,3-4,7H2,1-2H3,(H,19,21,23). The third-order valence-corrected chi connectivity index (χ3v) is 4.80. The quantitative estimate of drug-likeness (QED) is 0.770. The minimum atomic E-state index is -1.12. The Hall–Kier alpha value is -2.02. The molecule has 1 aromatic heterocycles. The number of imide groups is 1. The Bertz CT molecular complexity index is 890. The first kappa shape index (κ1) is 15.9. The highest BCUT2D eigenvalue weighted by Gasteiger charge is 2.40. The fourth-order valence-electron chi connectivity index (χ4n) is 3.09. The molecule has 0 radical (unpaired) electrons. The molecule has 23 heavy (non-hydrogen) atoms. The molecule has 1 aromatic carbocycles. The number of aromatic nitrogens is 2. The van der Waals surface area contributed by atoms with Crippen LogP contribution in [0.4, 0.5) is 0 Å². The summed E-state index contributed by atoms with van der Waals surface area (Å²) in [5.74, 6) is -0.307. The number of halogens is 1. The molecular formula is C16H16BrN3O3. The second-order valence-corrected chi connectivity index (χ2v) is 6.88. The van der Waals surface area contributed by atoms with Crippen molar-refractivity contribution in [2.45, 2.75) is 38.6 Å². The maximum absolute atomic E-state index is 12.9. The van der Waals surface area contributed by atoms with Crippen molar-refractivity contribution in [1.29, 1.82) is 0 Å². The number of amides is 2. The minimum Gasteiger partial charge on any atom is -0.294 e. The fraction of sp³-hybridized carbons (Fsp3) is 0.375. The van der Waals surface area contributed by atoms with E-state index in [1.54, 1.807) is 32.0 Å². The monoisotopic (exact) mass is 377 g/mol. The molecule has 0 saturated carbocycles. The van der Waals surface area contributed by atoms with Crippen LogP contribution in [0.5, 0.6) is 0 Å². The van der Waals surface area contributed by atoms with Gasteiger partial charge in [-0.1, -0.05) is 15.9 Å². The average Bonchev–Trinajstić information content (AvgIpc) is 2.58. The molecule has 2 heterocycles. The smallest absolute Gasteiger partial charge is 0.262 e. The number of nitrogens with one attached hydrogen (secondary N) is 1. The van der Waals surface area contributed by atoms with Crippen LogP contribution in [0.2, 0.25) is 0 Å². The van der Waals surface area contributed by atoms with Crippen molar-refractivity contribution in [3.05, 3.63) is 38.9 Å². The number of hydrogen-bond donors (Lipinski definition) is 1. The van der Waals surface area contributed by atoms with E-state index in [2.05, 4.69) is 26.2 Å². The molecule has 0 spiro atoms. The van der Waals surface area contributed by atoms with Crippen LogP contribution in [0.1, 0.15) is 32.0 Å². The van der Waals surface area contributed by atoms with Crippen LogP contribution >= 0.6 is 15.9 Å². The summed E-state index contributed by atoms with van der Waals surface area (Å²) in [7, 11) is 0. The van der Waals surface area contributed by atoms with E-state index in [-0.39, 0.29) is 17.9 Å². The highest BCUT2D eigenvalue weighted by molar-refractivity contribution is 9.10. The maximum Gasteiger partial charge on any atom is 0.262 e. The molecule has 3 rings (SSSR count). The Labute approximate surface area is 141 Å². The summed E-state index contributed by atoms with van der Waals surface area (Å²) in [5, 5.41) is 2.82. The Morgan fingerprint density at radius 2 is 2.04 bits per heavy atom. The van der Waals surface area contributed by atoms with Gasteiger partial charge in [-0.05, 0) is 44.9 Å². The molecule has 1 aliphatic heterocycles. The van der Waals surface area contributed by atoms with Gasteiger partial charge >= 0.3 is 0 Å². The van der Waals surface area contributed by atoms with Crippen LogP contribution in [0, 0.1) is 6.92 Å². The molecule has 1 unspecified atom stereocenters. The first-order chi connectivity index (χ1) is 10.8. The van der Waals surface area contributed by atoms with Gasteiger partial charge in [0.1, 0.15) is 11.4 Å². The molecule has 1 atom stereocenters. The van der Waals surface area contributed by atoms with Crippen molar-refractivity contribution in [2.75, 3.05) is 0 Å². The highest BCUT2D eigenvalue weighted by Crippen LogP contribution is 2.27. The molecule has 0 bridgehead atoms. The van der Waals surface area contributed by atoms with E-state index in [0.717, 1.165) is 4.47 Å². The first-order valence-corrected chi connectivity index (χ1v) is 8.16. The van der Waals surface area contributed by atoms with Crippen LogP contribution in [0.3, 0.4) is 0 Å². The van der Waals surface area contributed by atoms with Crippen molar-refractivity contribution < 1.29 is 9.59 Å². The number of carbonyl (C=O) groups is 2. The number of hydrogen-bond acceptors (Lipinski definition) is 4. The SMILES string of the molecule is Cc1nc2cc(Br)ccc2c(=O)n1C1(C)CCCC(=O)NC1=O. The third-order valence-electron chi connectivity index (χ3n) is 4.30. The lowest BCUT2D eigenvalue weighted by Gasteiger charge is -2.30. The van der Waals surface area contributed by atoms with Gasteiger partial charge in [0, 0.05) is 10.9 Å². The van der Waals surface area contributed by atoms with Gasteiger partial charge < -0.3 is 0 Å². The van der Waals surface area contributed by atoms with E-state index >= 15 is 0 Å². The predicted molar refractivity (Wildman–Crippen MR) is 89.1 cm³/mol. The summed E-state index contributed by atoms with van der Waals surface area (Å²) in [5.41, 5.74) is -0.819. The second-order valence-electron chi connectivity index (χ2n) is 5.97. The Kier molecular flexibility index (Phi) is 3.83. The normalized spacial score (nSPS) is 22.0. The van der Waals surface area contributed by atoms with Crippen molar-refractivity contribution >= 4 is 38.6 Å². The summed E-state index contributed by atoms with van der Waals surface area (Å²) in [4.78, 5) is 41.5. The summed E-state index contributed by atoms with van der Waals surface area (Å²) in [6.07, 6.45) is 1.23. The minimum absolute atomic E-state index is 0.271. The number of carbonyl (C=O) groups excluding carboxylic acids is 2. The second kappa shape index (κ2) is 5.56. The zero-order valence-electron chi connectivity index (χ0n) is 12.9. The van der Waals surface area contributed by atoms with Crippen molar-refractivity contribution in [1.82, 2.24) is 14.9 Å². The fourth-order valence-corrected chi connectivity index (χ4v) is 3.44. The predicted octanol–water partition coefficient (Wildman–Crippen LogP) is 2.01. The lowest BCUT2D eigenvalue weighted by Crippen LogP contribution is -2.51. The van der Waals surface area contributed by atoms with Crippen LogP contribution in [0.25, 0.3) is 10.9 Å². The van der Waals surface area contributed by atoms with E-state index in [0.29, 0.717) is 29.6 Å². The van der Waals surface area contributed by atoms with Gasteiger partial charge in [0.25, 0.3) is 11.5 Å². The van der Waals surface area contributed by atoms with Crippen molar-refractivity contribution in [2.24, 2.45) is 0 Å². The zero-order valence-corrected chi connectivity index (χ0v) is 14.4. The largest absolute Gasteiger partial charge is 0.294 e. The van der Waals surface area contributed by atoms with Gasteiger partial charge in [0.2, 0.25) is 5.91 Å². The molecule has 1 N–H and O–H groups in total. The lowest BCUT2D eigenvalue weighted by molar-refractivity contribution is -0.134. The molecule has 1 saturated heterocycles. The van der Waals surface area contributed by atoms with E-state index in [1.807, 2.05) is 0 Å². The van der Waals surface area contributed by atoms with Crippen LogP contribution in [-0.2, 0) is 15.1 Å². The highest BCUT2D eigenvalue weighted by atomic mass is 79.9. The van der Waals surface area contributed by atoms with Gasteiger partial charge in [-0.3, -0.25) is 24.3 Å². The first-order valence-electron chi connectivity index (χ1n) is 7.36. The Morgan fingerprint density at radius 3 is 2.78 bits per heavy atom. The van der Waals surface area contributed by atoms with Gasteiger partial charge in [0.05, 0.1) is 10.9 Å². The van der Waals surface area contributed by atoms with Gasteiger partial charge in [-0.25, -0.2) is 4.98 Å². The molecule has 2 amide bonds. The maximum atomic E-state index is 12.9. The Morgan fingerprint density at radius 1 is 1.30 bits per heavy atom. The topological polar surface area (TPSA) is 81.1 Å². The summed E-state index contributed by atoms with van der Waals surface area (Å²) >= 11 is 3.36. The molecular weight excluding hydrogens is 362 g/mol. The van der Waals surface area contributed by atoms with E-state index in [9.17, 15) is 14.4 Å². The third kappa shape index (κ3) is 2.59. The molecule has 2 aromatic rings.